The van der Waals surface area contributed by atoms with E-state index in [-0.39, 0.29) is 50.9 Å². The number of rotatable bonds is 3. The van der Waals surface area contributed by atoms with Crippen molar-refractivity contribution in [1.29, 1.82) is 0 Å². The lowest BCUT2D eigenvalue weighted by atomic mass is 10.2. The Balaban J connectivity index is -0.000000116. The van der Waals surface area contributed by atoms with Gasteiger partial charge < -0.3 is 0 Å². The molecule has 0 unspecified atom stereocenters. The molecule has 0 N–H and O–H groups in total. The van der Waals surface area contributed by atoms with Crippen molar-refractivity contribution < 1.29 is 0 Å². The molecule has 2 aromatic rings. The molecule has 3 heteroatoms. The third-order valence-corrected chi connectivity index (χ3v) is 2.24. The minimum absolute atomic E-state index is 0. The van der Waals surface area contributed by atoms with Crippen LogP contribution in [0.25, 0.3) is 12.2 Å². The lowest BCUT2D eigenvalue weighted by molar-refractivity contribution is 1.67. The molecule has 0 bridgehead atoms. The van der Waals surface area contributed by atoms with E-state index in [1.54, 1.807) is 12.2 Å². The van der Waals surface area contributed by atoms with Crippen molar-refractivity contribution in [2.75, 3.05) is 0 Å². The number of allylic oxidation sites excluding steroid dienone is 2. The Labute approximate surface area is 172 Å². The van der Waals surface area contributed by atoms with Crippen LogP contribution in [-0.4, -0.2) is 0 Å². The quantitative estimate of drug-likeness (QED) is 0.375. The molecule has 0 spiro atoms. The summed E-state index contributed by atoms with van der Waals surface area (Å²) < 4.78 is 0. The minimum atomic E-state index is 0. The minimum Gasteiger partial charge on any atom is -0.114 e. The van der Waals surface area contributed by atoms with Gasteiger partial charge in [-0.05, 0) is 11.1 Å². The van der Waals surface area contributed by atoms with E-state index in [0.717, 1.165) is 0 Å². The molecule has 126 valence electrons. The molecule has 0 atom stereocenters. The van der Waals surface area contributed by atoms with Gasteiger partial charge in [0.2, 0.25) is 0 Å². The van der Waals surface area contributed by atoms with Crippen LogP contribution >= 0.6 is 50.9 Å². The van der Waals surface area contributed by atoms with Gasteiger partial charge in [0.25, 0.3) is 0 Å². The Hall–Kier alpha value is -1.16. The fourth-order valence-electron chi connectivity index (χ4n) is 1.18. The predicted molar refractivity (Wildman–Crippen MR) is 124 cm³/mol. The smallest absolute Gasteiger partial charge is 0.0263 e. The van der Waals surface area contributed by atoms with E-state index in [1.165, 1.54) is 11.1 Å². The van der Waals surface area contributed by atoms with Gasteiger partial charge in [0.05, 0.1) is 0 Å². The molecule has 0 nitrogen and oxygen atoms in total. The number of hydrogen-bond acceptors (Lipinski definition) is 0. The first-order valence-corrected chi connectivity index (χ1v) is 6.37. The largest absolute Gasteiger partial charge is 0.114 e. The van der Waals surface area contributed by atoms with Gasteiger partial charge in [-0.15, -0.1) is 50.9 Å². The van der Waals surface area contributed by atoms with Crippen molar-refractivity contribution in [2.24, 2.45) is 0 Å². The zero-order valence-electron chi connectivity index (χ0n) is 13.1. The van der Waals surface area contributed by atoms with Gasteiger partial charge in [0.1, 0.15) is 0 Å². The molecule has 0 heterocycles. The summed E-state index contributed by atoms with van der Waals surface area (Å²) in [5.41, 5.74) is 2.35. The van der Waals surface area contributed by atoms with Crippen LogP contribution in [0.15, 0.2) is 99.1 Å². The second-order valence-electron chi connectivity index (χ2n) is 3.70. The summed E-state index contributed by atoms with van der Waals surface area (Å²) in [6, 6.07) is 20.1. The van der Waals surface area contributed by atoms with Gasteiger partial charge in [0, 0.05) is 0 Å². The molecular formula is C20H25Br3. The first kappa shape index (κ1) is 29.8. The van der Waals surface area contributed by atoms with Crippen LogP contribution in [0.2, 0.25) is 0 Å². The maximum atomic E-state index is 3.63. The molecule has 0 saturated carbocycles. The highest BCUT2D eigenvalue weighted by molar-refractivity contribution is 8.93. The molecule has 0 radical (unpaired) electrons. The first-order valence-electron chi connectivity index (χ1n) is 6.37. The molecule has 0 aromatic heterocycles. The maximum Gasteiger partial charge on any atom is -0.0263 e. The summed E-state index contributed by atoms with van der Waals surface area (Å²) in [7, 11) is 0. The fourth-order valence-corrected chi connectivity index (χ4v) is 1.18. The van der Waals surface area contributed by atoms with Gasteiger partial charge in [-0.3, -0.25) is 0 Å². The molecule has 0 aliphatic rings. The number of halogens is 3. The normalized spacial score (nSPS) is 6.78. The highest BCUT2D eigenvalue weighted by atomic mass is 79.9. The SMILES string of the molecule is Br.Br.Br.C=CC=C.C=Cc1ccccc1.C=Cc1ccccc1. The Bertz CT molecular complexity index is 455. The Morgan fingerprint density at radius 1 is 0.478 bits per heavy atom. The highest BCUT2D eigenvalue weighted by Crippen LogP contribution is 1.98. The van der Waals surface area contributed by atoms with E-state index in [2.05, 4.69) is 26.3 Å². The van der Waals surface area contributed by atoms with Crippen LogP contribution in [0.4, 0.5) is 0 Å². The van der Waals surface area contributed by atoms with Gasteiger partial charge in [-0.2, -0.15) is 0 Å². The van der Waals surface area contributed by atoms with Gasteiger partial charge in [0.15, 0.2) is 0 Å². The maximum absolute atomic E-state index is 3.63. The van der Waals surface area contributed by atoms with Gasteiger partial charge in [-0.1, -0.05) is 111 Å². The van der Waals surface area contributed by atoms with Crippen LogP contribution in [0.3, 0.4) is 0 Å². The monoisotopic (exact) mass is 502 g/mol. The molecule has 0 aliphatic heterocycles. The average Bonchev–Trinajstić information content (AvgIpc) is 2.57. The summed E-state index contributed by atoms with van der Waals surface area (Å²) >= 11 is 0. The molecule has 23 heavy (non-hydrogen) atoms. The first-order chi connectivity index (χ1) is 9.78. The van der Waals surface area contributed by atoms with Crippen LogP contribution in [0.5, 0.6) is 0 Å². The Morgan fingerprint density at radius 2 is 0.739 bits per heavy atom. The second kappa shape index (κ2) is 23.1. The predicted octanol–water partition coefficient (Wildman–Crippen LogP) is 7.75. The molecule has 2 rings (SSSR count). The van der Waals surface area contributed by atoms with Gasteiger partial charge in [-0.25, -0.2) is 0 Å². The van der Waals surface area contributed by atoms with E-state index < -0.39 is 0 Å². The van der Waals surface area contributed by atoms with Crippen molar-refractivity contribution in [2.45, 2.75) is 0 Å². The zero-order chi connectivity index (χ0) is 15.1. The van der Waals surface area contributed by atoms with E-state index in [9.17, 15) is 0 Å². The van der Waals surface area contributed by atoms with E-state index in [4.69, 9.17) is 0 Å². The van der Waals surface area contributed by atoms with Crippen LogP contribution in [0, 0.1) is 0 Å². The van der Waals surface area contributed by atoms with Crippen molar-refractivity contribution in [3.63, 3.8) is 0 Å². The summed E-state index contributed by atoms with van der Waals surface area (Å²) in [6.07, 6.45) is 6.94. The van der Waals surface area contributed by atoms with Crippen LogP contribution in [-0.2, 0) is 0 Å². The average molecular weight is 505 g/mol. The molecule has 0 fully saturated rings. The van der Waals surface area contributed by atoms with E-state index in [0.29, 0.717) is 0 Å². The molecular weight excluding hydrogens is 480 g/mol. The Kier molecular flexibility index (Phi) is 29.9. The standard InChI is InChI=1S/2C8H8.C4H6.3BrH/c2*1-2-8-6-4-3-5-7-8;1-3-4-2;;;/h2*2-7H,1H2;3-4H,1-2H2;3*1H. The topological polar surface area (TPSA) is 0 Å². The summed E-state index contributed by atoms with van der Waals surface area (Å²) in [5.74, 6) is 0. The van der Waals surface area contributed by atoms with Crippen LogP contribution < -0.4 is 0 Å². The van der Waals surface area contributed by atoms with Crippen molar-refractivity contribution >= 4 is 63.1 Å². The van der Waals surface area contributed by atoms with E-state index in [1.807, 2.05) is 72.8 Å². The van der Waals surface area contributed by atoms with Crippen LogP contribution in [0.1, 0.15) is 11.1 Å². The number of benzene rings is 2. The second-order valence-corrected chi connectivity index (χ2v) is 3.70. The van der Waals surface area contributed by atoms with E-state index >= 15 is 0 Å². The Morgan fingerprint density at radius 3 is 0.870 bits per heavy atom. The van der Waals surface area contributed by atoms with Gasteiger partial charge >= 0.3 is 0 Å². The zero-order valence-corrected chi connectivity index (χ0v) is 18.3. The van der Waals surface area contributed by atoms with Crippen molar-refractivity contribution in [1.82, 2.24) is 0 Å². The summed E-state index contributed by atoms with van der Waals surface area (Å²) in [4.78, 5) is 0. The highest BCUT2D eigenvalue weighted by Gasteiger charge is 1.76. The molecule has 0 amide bonds. The lowest BCUT2D eigenvalue weighted by Crippen LogP contribution is -1.63. The summed E-state index contributed by atoms with van der Waals surface area (Å²) in [5, 5.41) is 0. The third-order valence-electron chi connectivity index (χ3n) is 2.24. The fraction of sp³-hybridized carbons (Fsp3) is 0. The van der Waals surface area contributed by atoms with Crippen molar-refractivity contribution in [3.05, 3.63) is 110 Å². The third kappa shape index (κ3) is 18.8. The molecule has 2 aromatic carbocycles. The molecule has 0 saturated heterocycles. The lowest BCUT2D eigenvalue weighted by Gasteiger charge is -1.85. The summed E-state index contributed by atoms with van der Waals surface area (Å²) in [6.45, 7) is 14.0. The van der Waals surface area contributed by atoms with Crippen molar-refractivity contribution in [3.8, 4) is 0 Å². The number of hydrogen-bond donors (Lipinski definition) is 0. The molecule has 0 aliphatic carbocycles.